The Morgan fingerprint density at radius 3 is 2.73 bits per heavy atom. The Morgan fingerprint density at radius 2 is 2.07 bits per heavy atom. The molecule has 2 aromatic rings. The first kappa shape index (κ1) is 10.1. The van der Waals surface area contributed by atoms with E-state index < -0.39 is 0 Å². The van der Waals surface area contributed by atoms with Crippen molar-refractivity contribution in [2.75, 3.05) is 0 Å². The molecule has 0 radical (unpaired) electrons. The molecule has 1 fully saturated rings. The van der Waals surface area contributed by atoms with Gasteiger partial charge in [-0.2, -0.15) is 4.98 Å². The molecular weight excluding hydrogens is 348 g/mol. The van der Waals surface area contributed by atoms with Crippen LogP contribution >= 0.6 is 45.8 Å². The first-order chi connectivity index (χ1) is 7.16. The van der Waals surface area contributed by atoms with Crippen LogP contribution in [0.5, 0.6) is 0 Å². The minimum Gasteiger partial charge on any atom is -0.328 e. The van der Waals surface area contributed by atoms with Crippen molar-refractivity contribution >= 4 is 56.8 Å². The molecule has 15 heavy (non-hydrogen) atoms. The normalized spacial score (nSPS) is 16.2. The molecular formula is C9H6Cl2IN3. The number of hydrogen-bond acceptors (Lipinski definition) is 2. The summed E-state index contributed by atoms with van der Waals surface area (Å²) in [6, 6.07) is 0.568. The third kappa shape index (κ3) is 1.62. The van der Waals surface area contributed by atoms with Crippen LogP contribution in [0.2, 0.25) is 10.4 Å². The fourth-order valence-electron chi connectivity index (χ4n) is 1.67. The van der Waals surface area contributed by atoms with Crippen LogP contribution in [-0.2, 0) is 0 Å². The van der Waals surface area contributed by atoms with Crippen molar-refractivity contribution in [1.29, 1.82) is 0 Å². The monoisotopic (exact) mass is 353 g/mol. The van der Waals surface area contributed by atoms with Gasteiger partial charge in [0.15, 0.2) is 0 Å². The third-order valence-corrected chi connectivity index (χ3v) is 3.76. The molecule has 0 spiro atoms. The van der Waals surface area contributed by atoms with E-state index in [1.54, 1.807) is 0 Å². The minimum absolute atomic E-state index is 0.212. The molecule has 0 N–H and O–H groups in total. The predicted octanol–water partition coefficient (Wildman–Crippen LogP) is 3.68. The second-order valence-electron chi connectivity index (χ2n) is 3.60. The second kappa shape index (κ2) is 3.46. The van der Waals surface area contributed by atoms with E-state index in [4.69, 9.17) is 23.2 Å². The van der Waals surface area contributed by atoms with Crippen molar-refractivity contribution < 1.29 is 0 Å². The van der Waals surface area contributed by atoms with E-state index in [0.29, 0.717) is 11.2 Å². The fourth-order valence-corrected chi connectivity index (χ4v) is 3.10. The van der Waals surface area contributed by atoms with Gasteiger partial charge in [0.05, 0.1) is 5.39 Å². The molecule has 2 aromatic heterocycles. The number of fused-ring (bicyclic) bond motifs is 1. The largest absolute Gasteiger partial charge is 0.328 e. The Labute approximate surface area is 110 Å². The molecule has 0 amide bonds. The lowest BCUT2D eigenvalue weighted by Gasteiger charge is -2.01. The topological polar surface area (TPSA) is 30.7 Å². The molecule has 0 aliphatic heterocycles. The molecule has 0 bridgehead atoms. The summed E-state index contributed by atoms with van der Waals surface area (Å²) in [7, 11) is 0. The Morgan fingerprint density at radius 1 is 1.33 bits per heavy atom. The molecule has 3 nitrogen and oxygen atoms in total. The second-order valence-corrected chi connectivity index (χ2v) is 5.46. The van der Waals surface area contributed by atoms with Crippen molar-refractivity contribution in [1.82, 2.24) is 14.5 Å². The maximum Gasteiger partial charge on any atom is 0.225 e. The van der Waals surface area contributed by atoms with Crippen molar-refractivity contribution in [3.63, 3.8) is 0 Å². The van der Waals surface area contributed by atoms with Gasteiger partial charge in [-0.15, -0.1) is 0 Å². The highest BCUT2D eigenvalue weighted by molar-refractivity contribution is 14.1. The predicted molar refractivity (Wildman–Crippen MR) is 68.5 cm³/mol. The van der Waals surface area contributed by atoms with Gasteiger partial charge in [0, 0.05) is 15.8 Å². The highest BCUT2D eigenvalue weighted by Crippen LogP contribution is 2.40. The van der Waals surface area contributed by atoms with E-state index in [0.717, 1.165) is 14.6 Å². The lowest BCUT2D eigenvalue weighted by molar-refractivity contribution is 0.764. The van der Waals surface area contributed by atoms with Gasteiger partial charge >= 0.3 is 0 Å². The zero-order valence-corrected chi connectivity index (χ0v) is 11.2. The first-order valence-electron chi connectivity index (χ1n) is 4.56. The third-order valence-electron chi connectivity index (χ3n) is 2.49. The molecule has 1 aliphatic rings. The quantitative estimate of drug-likeness (QED) is 0.445. The lowest BCUT2D eigenvalue weighted by atomic mass is 10.4. The van der Waals surface area contributed by atoms with Crippen molar-refractivity contribution in [3.05, 3.63) is 20.2 Å². The van der Waals surface area contributed by atoms with Crippen molar-refractivity contribution in [3.8, 4) is 0 Å². The van der Waals surface area contributed by atoms with Crippen LogP contribution in [0.15, 0.2) is 6.20 Å². The summed E-state index contributed by atoms with van der Waals surface area (Å²) in [5.74, 6) is 0. The molecule has 0 aromatic carbocycles. The molecule has 6 heteroatoms. The van der Waals surface area contributed by atoms with Gasteiger partial charge < -0.3 is 4.57 Å². The van der Waals surface area contributed by atoms with Gasteiger partial charge in [0.2, 0.25) is 5.28 Å². The maximum absolute atomic E-state index is 6.05. The summed E-state index contributed by atoms with van der Waals surface area (Å²) in [6.45, 7) is 0. The molecule has 1 aliphatic carbocycles. The Kier molecular flexibility index (Phi) is 2.33. The van der Waals surface area contributed by atoms with E-state index in [2.05, 4.69) is 43.3 Å². The fraction of sp³-hybridized carbons (Fsp3) is 0.333. The number of nitrogens with zero attached hydrogens (tertiary/aromatic N) is 3. The molecule has 0 saturated heterocycles. The summed E-state index contributed by atoms with van der Waals surface area (Å²) in [6.07, 6.45) is 4.48. The van der Waals surface area contributed by atoms with Crippen LogP contribution in [0, 0.1) is 3.57 Å². The summed E-state index contributed by atoms with van der Waals surface area (Å²) in [5.41, 5.74) is 0.854. The van der Waals surface area contributed by atoms with Crippen LogP contribution in [0.4, 0.5) is 0 Å². The number of hydrogen-bond donors (Lipinski definition) is 0. The van der Waals surface area contributed by atoms with Crippen LogP contribution in [0.1, 0.15) is 18.9 Å². The first-order valence-corrected chi connectivity index (χ1v) is 6.39. The molecule has 78 valence electrons. The summed E-state index contributed by atoms with van der Waals surface area (Å²) in [4.78, 5) is 8.20. The van der Waals surface area contributed by atoms with Crippen LogP contribution in [0.3, 0.4) is 0 Å². The highest BCUT2D eigenvalue weighted by Gasteiger charge is 2.27. The number of aromatic nitrogens is 3. The van der Waals surface area contributed by atoms with Gasteiger partial charge in [0.1, 0.15) is 10.8 Å². The SMILES string of the molecule is Clc1nc(Cl)c2c(I)cn(C3CC3)c2n1. The van der Waals surface area contributed by atoms with Crippen molar-refractivity contribution in [2.45, 2.75) is 18.9 Å². The summed E-state index contributed by atoms with van der Waals surface area (Å²) in [5, 5.41) is 1.56. The van der Waals surface area contributed by atoms with Crippen LogP contribution < -0.4 is 0 Å². The lowest BCUT2D eigenvalue weighted by Crippen LogP contribution is -1.94. The van der Waals surface area contributed by atoms with E-state index in [1.165, 1.54) is 12.8 Å². The van der Waals surface area contributed by atoms with Gasteiger partial charge in [0.25, 0.3) is 0 Å². The smallest absolute Gasteiger partial charge is 0.225 e. The van der Waals surface area contributed by atoms with Gasteiger partial charge in [-0.3, -0.25) is 0 Å². The zero-order chi connectivity index (χ0) is 10.6. The number of halogens is 3. The van der Waals surface area contributed by atoms with Crippen LogP contribution in [0.25, 0.3) is 11.0 Å². The minimum atomic E-state index is 0.212. The average molecular weight is 354 g/mol. The molecule has 0 atom stereocenters. The van der Waals surface area contributed by atoms with E-state index in [1.807, 2.05) is 0 Å². The Hall–Kier alpha value is -0.0700. The Bertz CT molecular complexity index is 548. The van der Waals surface area contributed by atoms with Crippen molar-refractivity contribution in [2.24, 2.45) is 0 Å². The average Bonchev–Trinajstić information content (AvgIpc) is 2.92. The van der Waals surface area contributed by atoms with Gasteiger partial charge in [-0.05, 0) is 47.0 Å². The molecule has 3 rings (SSSR count). The molecule has 1 saturated carbocycles. The van der Waals surface area contributed by atoms with E-state index >= 15 is 0 Å². The maximum atomic E-state index is 6.05. The summed E-state index contributed by atoms with van der Waals surface area (Å²) >= 11 is 14.1. The van der Waals surface area contributed by atoms with E-state index in [9.17, 15) is 0 Å². The highest BCUT2D eigenvalue weighted by atomic mass is 127. The standard InChI is InChI=1S/C9H6Cl2IN3/c10-7-6-5(12)3-15(4-1-2-4)8(6)14-9(11)13-7/h3-4H,1-2H2. The zero-order valence-electron chi connectivity index (χ0n) is 7.54. The molecule has 2 heterocycles. The Balaban J connectivity index is 2.38. The molecule has 0 unspecified atom stereocenters. The van der Waals surface area contributed by atoms with Gasteiger partial charge in [-0.1, -0.05) is 11.6 Å². The van der Waals surface area contributed by atoms with Crippen LogP contribution in [-0.4, -0.2) is 14.5 Å². The summed E-state index contributed by atoms with van der Waals surface area (Å²) < 4.78 is 3.23. The number of rotatable bonds is 1. The van der Waals surface area contributed by atoms with Gasteiger partial charge in [-0.25, -0.2) is 4.98 Å². The van der Waals surface area contributed by atoms with E-state index in [-0.39, 0.29) is 5.28 Å².